The minimum absolute atomic E-state index is 0.247. The molecule has 0 heterocycles. The molecule has 1 aromatic carbocycles. The fraction of sp³-hybridized carbons (Fsp3) is 0.444. The van der Waals surface area contributed by atoms with Crippen LogP contribution in [-0.4, -0.2) is 36.5 Å². The molecule has 11 heteroatoms. The van der Waals surface area contributed by atoms with Crippen molar-refractivity contribution < 1.29 is 31.5 Å². The van der Waals surface area contributed by atoms with E-state index in [-0.39, 0.29) is 6.04 Å². The first-order chi connectivity index (χ1) is 13.2. The van der Waals surface area contributed by atoms with Crippen molar-refractivity contribution in [2.24, 2.45) is 0 Å². The van der Waals surface area contributed by atoms with Crippen LogP contribution in [0.25, 0.3) is 0 Å². The first-order valence-corrected chi connectivity index (χ1v) is 10.0. The molecule has 0 unspecified atom stereocenters. The van der Waals surface area contributed by atoms with Gasteiger partial charge in [-0.05, 0) is 45.7 Å². The van der Waals surface area contributed by atoms with Gasteiger partial charge in [0.2, 0.25) is 0 Å². The smallest absolute Gasteiger partial charge is 0.408 e. The molecule has 1 aromatic rings. The molecule has 1 atom stereocenters. The Bertz CT molecular complexity index is 1010. The number of amides is 2. The Balaban J connectivity index is 2.46. The summed E-state index contributed by atoms with van der Waals surface area (Å²) < 4.78 is 62.1. The second-order valence-electron chi connectivity index (χ2n) is 7.14. The van der Waals surface area contributed by atoms with E-state index >= 15 is 0 Å². The predicted octanol–water partition coefficient (Wildman–Crippen LogP) is 3.61. The van der Waals surface area contributed by atoms with Crippen molar-refractivity contribution in [3.63, 3.8) is 0 Å². The van der Waals surface area contributed by atoms with Gasteiger partial charge in [0.15, 0.2) is 20.3 Å². The number of carbonyl (C=O) groups excluding carboxylic acids is 1. The molecule has 2 rings (SSSR count). The monoisotopic (exact) mass is 431 g/mol. The van der Waals surface area contributed by atoms with E-state index in [9.17, 15) is 31.5 Å². The quantitative estimate of drug-likeness (QED) is 0.497. The van der Waals surface area contributed by atoms with Gasteiger partial charge in [0, 0.05) is 0 Å². The first-order valence-electron chi connectivity index (χ1n) is 8.55. The van der Waals surface area contributed by atoms with Gasteiger partial charge in [0.1, 0.15) is 11.0 Å². The molecular weight excluding hydrogens is 411 g/mol. The summed E-state index contributed by atoms with van der Waals surface area (Å²) in [5.74, 6) is -1.13. The molecule has 7 nitrogen and oxygen atoms in total. The third-order valence-electron chi connectivity index (χ3n) is 4.90. The number of allylic oxidation sites excluding steroid dienone is 1. The molecular formula is C18H20F3N3O4S. The first kappa shape index (κ1) is 22.5. The summed E-state index contributed by atoms with van der Waals surface area (Å²) in [5, 5.41) is 24.4. The maximum Gasteiger partial charge on any atom is 0.408 e. The third-order valence-corrected chi connectivity index (χ3v) is 7.43. The molecule has 29 heavy (non-hydrogen) atoms. The fourth-order valence-electron chi connectivity index (χ4n) is 2.79. The number of alkyl halides is 3. The van der Waals surface area contributed by atoms with Gasteiger partial charge in [-0.3, -0.25) is 0 Å². The highest BCUT2D eigenvalue weighted by Gasteiger charge is 2.58. The highest BCUT2D eigenvalue weighted by molar-refractivity contribution is 7.93. The Morgan fingerprint density at radius 2 is 1.93 bits per heavy atom. The molecule has 0 fully saturated rings. The fourth-order valence-corrected chi connectivity index (χ4v) is 4.37. The number of hydrogen-bond acceptors (Lipinski definition) is 5. The zero-order valence-corrected chi connectivity index (χ0v) is 16.7. The van der Waals surface area contributed by atoms with Crippen LogP contribution in [0.5, 0.6) is 5.75 Å². The number of urea groups is 1. The highest BCUT2D eigenvalue weighted by atomic mass is 32.2. The highest BCUT2D eigenvalue weighted by Crippen LogP contribution is 2.45. The van der Waals surface area contributed by atoms with E-state index in [1.807, 2.05) is 13.0 Å². The summed E-state index contributed by atoms with van der Waals surface area (Å²) in [6.45, 7) is 2.69. The minimum Gasteiger partial charge on any atom is -0.504 e. The van der Waals surface area contributed by atoms with Gasteiger partial charge in [-0.25, -0.2) is 13.2 Å². The molecule has 0 radical (unpaired) electrons. The van der Waals surface area contributed by atoms with Crippen LogP contribution >= 0.6 is 0 Å². The molecule has 3 N–H and O–H groups in total. The number of anilines is 1. The Kier molecular flexibility index (Phi) is 5.90. The van der Waals surface area contributed by atoms with E-state index in [2.05, 4.69) is 10.6 Å². The Hall–Kier alpha value is -2.74. The van der Waals surface area contributed by atoms with Crippen molar-refractivity contribution in [1.29, 1.82) is 5.26 Å². The van der Waals surface area contributed by atoms with Crippen LogP contribution in [0.3, 0.4) is 0 Å². The summed E-state index contributed by atoms with van der Waals surface area (Å²) in [6, 6.07) is 2.42. The molecule has 0 bridgehead atoms. The number of sulfone groups is 1. The van der Waals surface area contributed by atoms with Crippen molar-refractivity contribution in [3.8, 4) is 11.8 Å². The number of nitrogens with zero attached hydrogens (tertiary/aromatic N) is 1. The van der Waals surface area contributed by atoms with Crippen molar-refractivity contribution in [2.45, 2.75) is 55.5 Å². The van der Waals surface area contributed by atoms with Crippen LogP contribution in [-0.2, 0) is 9.84 Å². The van der Waals surface area contributed by atoms with Gasteiger partial charge in [-0.15, -0.1) is 0 Å². The Morgan fingerprint density at radius 3 is 2.41 bits per heavy atom. The standard InChI is InChI=1S/C18H20F3N3O4S/c1-10-5-4-6-12(10)23-16(26)24-13-8-7-11(9-22)15(14(13)25)29(27,28)17(2,3)18(19,20)21/h5,7-8,12,25H,4,6H2,1-3H3,(H2,23,24,26)/t12-/m1/s1. The van der Waals surface area contributed by atoms with Crippen LogP contribution < -0.4 is 10.6 Å². The van der Waals surface area contributed by atoms with Crippen LogP contribution in [0, 0.1) is 11.3 Å². The molecule has 0 spiro atoms. The number of hydrogen-bond donors (Lipinski definition) is 3. The number of halogens is 3. The molecule has 158 valence electrons. The van der Waals surface area contributed by atoms with Gasteiger partial charge in [0.25, 0.3) is 0 Å². The lowest BCUT2D eigenvalue weighted by atomic mass is 10.1. The molecule has 0 aliphatic heterocycles. The lowest BCUT2D eigenvalue weighted by Crippen LogP contribution is -2.46. The van der Waals surface area contributed by atoms with Crippen LogP contribution in [0.15, 0.2) is 28.7 Å². The normalized spacial score (nSPS) is 17.4. The molecule has 2 amide bonds. The number of benzene rings is 1. The topological polar surface area (TPSA) is 119 Å². The average Bonchev–Trinajstić information content (AvgIpc) is 2.99. The SMILES string of the molecule is CC1=CCC[C@H]1NC(=O)Nc1ccc(C#N)c(S(=O)(=O)C(C)(C)C(F)(F)F)c1O. The van der Waals surface area contributed by atoms with Crippen LogP contribution in [0.1, 0.15) is 39.2 Å². The zero-order valence-electron chi connectivity index (χ0n) is 15.9. The summed E-state index contributed by atoms with van der Waals surface area (Å²) in [7, 11) is -5.24. The Labute approximate surface area is 166 Å². The number of aromatic hydroxyl groups is 1. The maximum atomic E-state index is 13.3. The number of carbonyl (C=O) groups is 1. The number of nitriles is 1. The number of phenols is 1. The van der Waals surface area contributed by atoms with Crippen LogP contribution in [0.4, 0.5) is 23.7 Å². The average molecular weight is 431 g/mol. The van der Waals surface area contributed by atoms with E-state index in [0.717, 1.165) is 24.1 Å². The van der Waals surface area contributed by atoms with Gasteiger partial charge in [-0.2, -0.15) is 18.4 Å². The van der Waals surface area contributed by atoms with E-state index in [4.69, 9.17) is 5.26 Å². The molecule has 1 aliphatic carbocycles. The van der Waals surface area contributed by atoms with E-state index in [1.165, 1.54) is 6.07 Å². The summed E-state index contributed by atoms with van der Waals surface area (Å²) in [5.41, 5.74) is -0.169. The summed E-state index contributed by atoms with van der Waals surface area (Å²) in [6.07, 6.45) is -1.79. The largest absolute Gasteiger partial charge is 0.504 e. The van der Waals surface area contributed by atoms with Gasteiger partial charge < -0.3 is 15.7 Å². The number of rotatable bonds is 4. The molecule has 0 saturated heterocycles. The molecule has 0 aromatic heterocycles. The second-order valence-corrected chi connectivity index (χ2v) is 9.57. The van der Waals surface area contributed by atoms with E-state index in [0.29, 0.717) is 20.3 Å². The second kappa shape index (κ2) is 7.59. The minimum atomic E-state index is -5.24. The Morgan fingerprint density at radius 1 is 1.31 bits per heavy atom. The molecule has 1 aliphatic rings. The van der Waals surface area contributed by atoms with Crippen molar-refractivity contribution in [3.05, 3.63) is 29.3 Å². The van der Waals surface area contributed by atoms with E-state index < -0.39 is 48.7 Å². The van der Waals surface area contributed by atoms with Gasteiger partial charge in [0.05, 0.1) is 17.3 Å². The van der Waals surface area contributed by atoms with Gasteiger partial charge >= 0.3 is 12.2 Å². The van der Waals surface area contributed by atoms with Crippen molar-refractivity contribution in [2.75, 3.05) is 5.32 Å². The van der Waals surface area contributed by atoms with E-state index in [1.54, 1.807) is 0 Å². The third kappa shape index (κ3) is 4.03. The van der Waals surface area contributed by atoms with Gasteiger partial charge in [-0.1, -0.05) is 11.6 Å². The number of nitrogens with one attached hydrogen (secondary N) is 2. The summed E-state index contributed by atoms with van der Waals surface area (Å²) in [4.78, 5) is 11.0. The van der Waals surface area contributed by atoms with Crippen molar-refractivity contribution >= 4 is 21.6 Å². The zero-order chi connectivity index (χ0) is 22.2. The van der Waals surface area contributed by atoms with Crippen molar-refractivity contribution in [1.82, 2.24) is 5.32 Å². The predicted molar refractivity (Wildman–Crippen MR) is 99.1 cm³/mol. The summed E-state index contributed by atoms with van der Waals surface area (Å²) >= 11 is 0. The molecule has 0 saturated carbocycles. The lowest BCUT2D eigenvalue weighted by Gasteiger charge is -2.28. The van der Waals surface area contributed by atoms with Crippen LogP contribution in [0.2, 0.25) is 0 Å². The lowest BCUT2D eigenvalue weighted by molar-refractivity contribution is -0.153. The maximum absolute atomic E-state index is 13.3. The number of phenolic OH excluding ortho intramolecular Hbond substituents is 1.